The first kappa shape index (κ1) is 11.7. The largest absolute Gasteiger partial charge is 0.459 e. The van der Waals surface area contributed by atoms with Crippen LogP contribution in [0.1, 0.15) is 20.8 Å². The van der Waals surface area contributed by atoms with Gasteiger partial charge in [-0.15, -0.1) is 0 Å². The van der Waals surface area contributed by atoms with Gasteiger partial charge in [0.05, 0.1) is 7.11 Å². The summed E-state index contributed by atoms with van der Waals surface area (Å²) in [4.78, 5) is 21.5. The summed E-state index contributed by atoms with van der Waals surface area (Å²) in [6.45, 7) is 5.08. The number of hydrogen-bond donors (Lipinski definition) is 1. The van der Waals surface area contributed by atoms with E-state index in [1.54, 1.807) is 20.8 Å². The van der Waals surface area contributed by atoms with Crippen molar-refractivity contribution in [1.82, 2.24) is 5.32 Å². The highest BCUT2D eigenvalue weighted by molar-refractivity contribution is 5.77. The molecule has 5 nitrogen and oxygen atoms in total. The van der Waals surface area contributed by atoms with Crippen LogP contribution in [0.5, 0.6) is 0 Å². The van der Waals surface area contributed by atoms with Gasteiger partial charge in [0.2, 0.25) is 0 Å². The molecule has 0 saturated heterocycles. The van der Waals surface area contributed by atoms with Gasteiger partial charge in [-0.2, -0.15) is 0 Å². The van der Waals surface area contributed by atoms with E-state index in [-0.39, 0.29) is 6.54 Å². The maximum atomic E-state index is 11.0. The minimum absolute atomic E-state index is 0.177. The Morgan fingerprint density at radius 1 is 1.31 bits per heavy atom. The lowest BCUT2D eigenvalue weighted by Gasteiger charge is -2.19. The van der Waals surface area contributed by atoms with Crippen LogP contribution < -0.4 is 5.32 Å². The molecule has 5 heteroatoms. The Balaban J connectivity index is 3.71. The van der Waals surface area contributed by atoms with Crippen molar-refractivity contribution >= 4 is 12.1 Å². The molecule has 0 unspecified atom stereocenters. The van der Waals surface area contributed by atoms with E-state index in [1.165, 1.54) is 7.11 Å². The topological polar surface area (TPSA) is 64.6 Å². The molecule has 1 amide bonds. The van der Waals surface area contributed by atoms with Crippen LogP contribution in [0.4, 0.5) is 4.79 Å². The van der Waals surface area contributed by atoms with E-state index in [9.17, 15) is 9.59 Å². The minimum Gasteiger partial charge on any atom is -0.459 e. The molecule has 0 aliphatic carbocycles. The molecule has 0 spiro atoms. The number of ether oxygens (including phenoxy) is 2. The summed E-state index contributed by atoms with van der Waals surface area (Å²) in [6.07, 6.45) is -0.647. The highest BCUT2D eigenvalue weighted by atomic mass is 16.6. The molecule has 13 heavy (non-hydrogen) atoms. The lowest BCUT2D eigenvalue weighted by molar-refractivity contribution is -0.153. The smallest absolute Gasteiger partial charge is 0.407 e. The van der Waals surface area contributed by atoms with Crippen LogP contribution in [0, 0.1) is 0 Å². The second-order valence-corrected chi connectivity index (χ2v) is 3.43. The van der Waals surface area contributed by atoms with Crippen LogP contribution in [0.3, 0.4) is 0 Å². The Kier molecular flexibility index (Phi) is 4.23. The monoisotopic (exact) mass is 189 g/mol. The molecule has 0 aromatic rings. The van der Waals surface area contributed by atoms with Gasteiger partial charge in [0.15, 0.2) is 0 Å². The maximum absolute atomic E-state index is 11.0. The first-order valence-corrected chi connectivity index (χ1v) is 3.89. The number of carbonyl (C=O) groups is 2. The molecule has 0 aliphatic heterocycles. The predicted molar refractivity (Wildman–Crippen MR) is 46.3 cm³/mol. The van der Waals surface area contributed by atoms with Gasteiger partial charge in [0, 0.05) is 0 Å². The van der Waals surface area contributed by atoms with E-state index in [0.29, 0.717) is 0 Å². The molecule has 1 N–H and O–H groups in total. The summed E-state index contributed by atoms with van der Waals surface area (Å²) in [5.41, 5.74) is -0.533. The van der Waals surface area contributed by atoms with Crippen LogP contribution in [-0.2, 0) is 14.3 Å². The second-order valence-electron chi connectivity index (χ2n) is 3.43. The summed E-state index contributed by atoms with van der Waals surface area (Å²) in [5, 5.41) is 2.22. The van der Waals surface area contributed by atoms with Crippen molar-refractivity contribution in [2.24, 2.45) is 0 Å². The summed E-state index contributed by atoms with van der Waals surface area (Å²) in [6, 6.07) is 0. The molecular formula is C8H15NO4. The third kappa shape index (κ3) is 7.11. The third-order valence-corrected chi connectivity index (χ3v) is 0.982. The fourth-order valence-corrected chi connectivity index (χ4v) is 0.594. The zero-order valence-electron chi connectivity index (χ0n) is 8.34. The minimum atomic E-state index is -0.647. The van der Waals surface area contributed by atoms with E-state index in [4.69, 9.17) is 4.74 Å². The first-order chi connectivity index (χ1) is 5.85. The van der Waals surface area contributed by atoms with Crippen molar-refractivity contribution in [2.45, 2.75) is 26.4 Å². The quantitative estimate of drug-likeness (QED) is 0.649. The van der Waals surface area contributed by atoms with E-state index in [2.05, 4.69) is 10.1 Å². The molecule has 0 atom stereocenters. The van der Waals surface area contributed by atoms with E-state index in [1.807, 2.05) is 0 Å². The van der Waals surface area contributed by atoms with E-state index in [0.717, 1.165) is 0 Å². The van der Waals surface area contributed by atoms with E-state index < -0.39 is 17.7 Å². The average Bonchev–Trinajstić information content (AvgIpc) is 1.97. The normalized spacial score (nSPS) is 10.5. The molecule has 0 aromatic heterocycles. The standard InChI is InChI=1S/C8H15NO4/c1-8(2,3)13-6(10)5-9-7(11)12-4/h5H2,1-4H3,(H,9,11). The maximum Gasteiger partial charge on any atom is 0.407 e. The zero-order chi connectivity index (χ0) is 10.5. The molecule has 0 saturated carbocycles. The molecular weight excluding hydrogens is 174 g/mol. The number of hydrogen-bond acceptors (Lipinski definition) is 4. The Morgan fingerprint density at radius 2 is 1.85 bits per heavy atom. The third-order valence-electron chi connectivity index (χ3n) is 0.982. The van der Waals surface area contributed by atoms with Gasteiger partial charge in [0.25, 0.3) is 0 Å². The summed E-state index contributed by atoms with van der Waals surface area (Å²) in [5.74, 6) is -0.488. The van der Waals surface area contributed by atoms with Gasteiger partial charge < -0.3 is 14.8 Å². The Morgan fingerprint density at radius 3 is 2.23 bits per heavy atom. The van der Waals surface area contributed by atoms with Crippen LogP contribution >= 0.6 is 0 Å². The molecule has 76 valence electrons. The lowest BCUT2D eigenvalue weighted by Crippen LogP contribution is -2.34. The number of esters is 1. The zero-order valence-corrected chi connectivity index (χ0v) is 8.34. The summed E-state index contributed by atoms with van der Waals surface area (Å²) < 4.78 is 9.20. The molecule has 0 aromatic carbocycles. The van der Waals surface area contributed by atoms with Gasteiger partial charge in [-0.1, -0.05) is 0 Å². The lowest BCUT2D eigenvalue weighted by atomic mass is 10.2. The fourth-order valence-electron chi connectivity index (χ4n) is 0.594. The number of rotatable bonds is 2. The van der Waals surface area contributed by atoms with Gasteiger partial charge >= 0.3 is 12.1 Å². The van der Waals surface area contributed by atoms with Crippen molar-refractivity contribution in [3.8, 4) is 0 Å². The average molecular weight is 189 g/mol. The Hall–Kier alpha value is -1.26. The molecule has 0 aliphatic rings. The first-order valence-electron chi connectivity index (χ1n) is 3.89. The molecule has 0 heterocycles. The molecule has 0 rings (SSSR count). The number of carbonyl (C=O) groups excluding carboxylic acids is 2. The van der Waals surface area contributed by atoms with Crippen molar-refractivity contribution in [3.05, 3.63) is 0 Å². The van der Waals surface area contributed by atoms with Gasteiger partial charge in [-0.25, -0.2) is 4.79 Å². The van der Waals surface area contributed by atoms with Crippen molar-refractivity contribution in [3.63, 3.8) is 0 Å². The highest BCUT2D eigenvalue weighted by Crippen LogP contribution is 2.05. The molecule has 0 radical (unpaired) electrons. The number of alkyl carbamates (subject to hydrolysis) is 1. The Bertz CT molecular complexity index is 195. The van der Waals surface area contributed by atoms with Crippen molar-refractivity contribution in [1.29, 1.82) is 0 Å². The highest BCUT2D eigenvalue weighted by Gasteiger charge is 2.16. The molecule has 0 fully saturated rings. The number of nitrogens with one attached hydrogen (secondary N) is 1. The number of methoxy groups -OCH3 is 1. The van der Waals surface area contributed by atoms with E-state index >= 15 is 0 Å². The predicted octanol–water partition coefficient (Wildman–Crippen LogP) is 0.684. The van der Waals surface area contributed by atoms with Crippen LogP contribution in [0.15, 0.2) is 0 Å². The van der Waals surface area contributed by atoms with Crippen LogP contribution in [0.2, 0.25) is 0 Å². The summed E-state index contributed by atoms with van der Waals surface area (Å²) in [7, 11) is 1.23. The van der Waals surface area contributed by atoms with Gasteiger partial charge in [-0.05, 0) is 20.8 Å². The summed E-state index contributed by atoms with van der Waals surface area (Å²) >= 11 is 0. The Labute approximate surface area is 77.4 Å². The SMILES string of the molecule is COC(=O)NCC(=O)OC(C)(C)C. The fraction of sp³-hybridized carbons (Fsp3) is 0.750. The van der Waals surface area contributed by atoms with Crippen LogP contribution in [-0.4, -0.2) is 31.3 Å². The van der Waals surface area contributed by atoms with Crippen LogP contribution in [0.25, 0.3) is 0 Å². The van der Waals surface area contributed by atoms with Crippen molar-refractivity contribution in [2.75, 3.05) is 13.7 Å². The van der Waals surface area contributed by atoms with Gasteiger partial charge in [-0.3, -0.25) is 4.79 Å². The second kappa shape index (κ2) is 4.69. The number of amides is 1. The molecule has 0 bridgehead atoms. The van der Waals surface area contributed by atoms with Crippen molar-refractivity contribution < 1.29 is 19.1 Å². The van der Waals surface area contributed by atoms with Gasteiger partial charge in [0.1, 0.15) is 12.1 Å².